The van der Waals surface area contributed by atoms with Crippen LogP contribution < -0.4 is 20.1 Å². The number of ketones is 1. The SMILES string of the molecule is CC(=O)[C@H](CCN(CCCCC1=C(C)CCC2=C(C=C1)CCCN2)CCOc1ccccn1)Nc1c2ccccc2nc(-c2cccnc2)[n+]1O. The first-order chi connectivity index (χ1) is 25.0. The van der Waals surface area contributed by atoms with Gasteiger partial charge in [0.15, 0.2) is 11.3 Å². The Labute approximate surface area is 301 Å². The molecule has 1 aliphatic heterocycles. The van der Waals surface area contributed by atoms with Gasteiger partial charge in [0, 0.05) is 56.4 Å². The topological polar surface area (TPSA) is 116 Å². The lowest BCUT2D eigenvalue weighted by molar-refractivity contribution is -0.885. The van der Waals surface area contributed by atoms with Crippen LogP contribution in [0.4, 0.5) is 5.82 Å². The molecule has 4 heterocycles. The standard InChI is InChI=1S/C41H49N7O3/c1-30-17-20-37-33(12-10-24-43-37)19-18-32(30)11-6-8-25-47(27-28-51-39-16-5-7-23-44-39)26-21-36(31(2)49)45-41-35-14-3-4-15-38(35)46-40(48(41)50)34-13-9-22-42-29-34/h3-5,7,9,13-16,18-19,22-23,29,36,43,50H,6,8,10-12,17,20-21,24-28H2,1-2H3/p+1/t36-/m0/s1. The molecule has 0 saturated carbocycles. The van der Waals surface area contributed by atoms with Crippen molar-refractivity contribution in [1.82, 2.24) is 25.2 Å². The molecule has 51 heavy (non-hydrogen) atoms. The second kappa shape index (κ2) is 17.7. The van der Waals surface area contributed by atoms with E-state index in [2.05, 4.69) is 44.6 Å². The molecule has 1 aliphatic carbocycles. The van der Waals surface area contributed by atoms with Crippen molar-refractivity contribution in [2.45, 2.75) is 71.3 Å². The molecule has 3 aromatic heterocycles. The highest BCUT2D eigenvalue weighted by Crippen LogP contribution is 2.28. The third-order valence-corrected chi connectivity index (χ3v) is 9.85. The van der Waals surface area contributed by atoms with E-state index in [4.69, 9.17) is 9.72 Å². The average Bonchev–Trinajstić information content (AvgIpc) is 3.15. The van der Waals surface area contributed by atoms with Crippen LogP contribution in [0, 0.1) is 0 Å². The van der Waals surface area contributed by atoms with Crippen LogP contribution in [0.2, 0.25) is 0 Å². The number of allylic oxidation sites excluding steroid dienone is 6. The monoisotopic (exact) mass is 688 g/mol. The summed E-state index contributed by atoms with van der Waals surface area (Å²) in [6.07, 6.45) is 18.1. The van der Waals surface area contributed by atoms with Crippen LogP contribution in [0.1, 0.15) is 65.2 Å². The van der Waals surface area contributed by atoms with Gasteiger partial charge in [-0.1, -0.05) is 45.6 Å². The van der Waals surface area contributed by atoms with Crippen LogP contribution in [0.3, 0.4) is 0 Å². The number of para-hydroxylation sites is 1. The molecule has 0 amide bonds. The summed E-state index contributed by atoms with van der Waals surface area (Å²) in [5.74, 6) is 1.37. The zero-order valence-electron chi connectivity index (χ0n) is 29.9. The molecule has 266 valence electrons. The second-order valence-corrected chi connectivity index (χ2v) is 13.4. The van der Waals surface area contributed by atoms with Crippen molar-refractivity contribution >= 4 is 22.5 Å². The number of hydrogen-bond acceptors (Lipinski definition) is 9. The van der Waals surface area contributed by atoms with Gasteiger partial charge in [-0.05, 0) is 107 Å². The Balaban J connectivity index is 1.13. The van der Waals surface area contributed by atoms with Gasteiger partial charge in [0.1, 0.15) is 12.6 Å². The van der Waals surface area contributed by atoms with Crippen molar-refractivity contribution in [2.75, 3.05) is 38.1 Å². The third-order valence-electron chi connectivity index (χ3n) is 9.85. The molecule has 0 fully saturated rings. The minimum atomic E-state index is -0.531. The predicted octanol–water partition coefficient (Wildman–Crippen LogP) is 6.83. The molecule has 4 aromatic rings. The van der Waals surface area contributed by atoms with E-state index in [-0.39, 0.29) is 5.78 Å². The van der Waals surface area contributed by atoms with Crippen LogP contribution >= 0.6 is 0 Å². The van der Waals surface area contributed by atoms with Crippen molar-refractivity contribution in [3.8, 4) is 17.3 Å². The summed E-state index contributed by atoms with van der Waals surface area (Å²) in [7, 11) is 0. The predicted molar refractivity (Wildman–Crippen MR) is 200 cm³/mol. The first kappa shape index (κ1) is 35.7. The number of anilines is 1. The van der Waals surface area contributed by atoms with Gasteiger partial charge in [-0.2, -0.15) is 0 Å². The summed E-state index contributed by atoms with van der Waals surface area (Å²) in [6, 6.07) is 16.4. The maximum absolute atomic E-state index is 13.1. The maximum atomic E-state index is 13.1. The van der Waals surface area contributed by atoms with E-state index in [1.807, 2.05) is 48.5 Å². The van der Waals surface area contributed by atoms with Crippen molar-refractivity contribution in [2.24, 2.45) is 0 Å². The zero-order valence-corrected chi connectivity index (χ0v) is 29.9. The highest BCUT2D eigenvalue weighted by atomic mass is 16.5. The van der Waals surface area contributed by atoms with Gasteiger partial charge < -0.3 is 15.3 Å². The smallest absolute Gasteiger partial charge is 0.309 e. The molecule has 0 radical (unpaired) electrons. The van der Waals surface area contributed by atoms with E-state index in [0.29, 0.717) is 54.7 Å². The van der Waals surface area contributed by atoms with E-state index in [0.717, 1.165) is 61.7 Å². The molecule has 3 N–H and O–H groups in total. The van der Waals surface area contributed by atoms with E-state index in [1.165, 1.54) is 28.8 Å². The van der Waals surface area contributed by atoms with E-state index >= 15 is 0 Å². The van der Waals surface area contributed by atoms with Gasteiger partial charge in [0.25, 0.3) is 5.82 Å². The molecular weight excluding hydrogens is 638 g/mol. The highest BCUT2D eigenvalue weighted by molar-refractivity contribution is 5.91. The Bertz CT molecular complexity index is 1870. The lowest BCUT2D eigenvalue weighted by Gasteiger charge is -2.25. The van der Waals surface area contributed by atoms with Gasteiger partial charge in [-0.15, -0.1) is 0 Å². The number of unbranched alkanes of at least 4 members (excludes halogenated alkanes) is 1. The van der Waals surface area contributed by atoms with Crippen molar-refractivity contribution in [3.05, 3.63) is 108 Å². The Morgan fingerprint density at radius 1 is 1.02 bits per heavy atom. The Morgan fingerprint density at radius 3 is 2.73 bits per heavy atom. The molecule has 2 aliphatic rings. The maximum Gasteiger partial charge on any atom is 0.309 e. The minimum absolute atomic E-state index is 0.00609. The molecule has 0 unspecified atom stereocenters. The normalized spacial score (nSPS) is 15.3. The number of Topliss-reactive ketones (excluding diaryl/α,β-unsaturated/α-hetero) is 1. The van der Waals surface area contributed by atoms with Crippen molar-refractivity contribution in [3.63, 3.8) is 0 Å². The number of carbonyl (C=O) groups excluding carboxylic acids is 1. The number of carbonyl (C=O) groups is 1. The van der Waals surface area contributed by atoms with Gasteiger partial charge in [0.2, 0.25) is 5.88 Å². The largest absolute Gasteiger partial charge is 0.476 e. The number of ether oxygens (including phenoxy) is 1. The molecule has 6 rings (SSSR count). The third kappa shape index (κ3) is 9.58. The summed E-state index contributed by atoms with van der Waals surface area (Å²) in [5.41, 5.74) is 7.22. The van der Waals surface area contributed by atoms with Crippen molar-refractivity contribution in [1.29, 1.82) is 0 Å². The number of pyridine rings is 2. The Hall–Kier alpha value is -5.09. The summed E-state index contributed by atoms with van der Waals surface area (Å²) in [4.78, 5) is 28.7. The summed E-state index contributed by atoms with van der Waals surface area (Å²) in [5, 5.41) is 19.2. The van der Waals surface area contributed by atoms with Gasteiger partial charge in [-0.3, -0.25) is 20.0 Å². The van der Waals surface area contributed by atoms with E-state index in [9.17, 15) is 10.0 Å². The fourth-order valence-corrected chi connectivity index (χ4v) is 6.85. The fourth-order valence-electron chi connectivity index (χ4n) is 6.85. The average molecular weight is 689 g/mol. The molecule has 10 heteroatoms. The van der Waals surface area contributed by atoms with Crippen LogP contribution in [-0.4, -0.2) is 69.7 Å². The molecule has 1 aromatic carbocycles. The van der Waals surface area contributed by atoms with Gasteiger partial charge in [0.05, 0.1) is 10.9 Å². The number of nitrogens with one attached hydrogen (secondary N) is 2. The van der Waals surface area contributed by atoms with Crippen molar-refractivity contribution < 1.29 is 19.5 Å². The second-order valence-electron chi connectivity index (χ2n) is 13.4. The molecule has 10 nitrogen and oxygen atoms in total. The first-order valence-electron chi connectivity index (χ1n) is 18.3. The molecule has 0 spiro atoms. The zero-order chi connectivity index (χ0) is 35.4. The molecule has 0 bridgehead atoms. The number of aromatic nitrogens is 4. The Morgan fingerprint density at radius 2 is 1.90 bits per heavy atom. The number of rotatable bonds is 16. The number of nitrogens with zero attached hydrogens (tertiary/aromatic N) is 5. The molecule has 1 atom stereocenters. The first-order valence-corrected chi connectivity index (χ1v) is 18.3. The number of hydrogen-bond donors (Lipinski definition) is 3. The quantitative estimate of drug-likeness (QED) is 0.0662. The van der Waals surface area contributed by atoms with Crippen LogP contribution in [0.5, 0.6) is 5.88 Å². The van der Waals surface area contributed by atoms with Crippen LogP contribution in [0.15, 0.2) is 108 Å². The highest BCUT2D eigenvalue weighted by Gasteiger charge is 2.27. The van der Waals surface area contributed by atoms with Crippen LogP contribution in [-0.2, 0) is 4.79 Å². The van der Waals surface area contributed by atoms with E-state index < -0.39 is 6.04 Å². The molecular formula is C41H50N7O3+. The summed E-state index contributed by atoms with van der Waals surface area (Å²) >= 11 is 0. The number of benzene rings is 1. The van der Waals surface area contributed by atoms with E-state index in [1.54, 1.807) is 31.6 Å². The number of fused-ring (bicyclic) bond motifs is 1. The lowest BCUT2D eigenvalue weighted by atomic mass is 9.91. The molecule has 0 saturated heterocycles. The van der Waals surface area contributed by atoms with Crippen LogP contribution in [0.25, 0.3) is 22.3 Å². The van der Waals surface area contributed by atoms with Gasteiger partial charge >= 0.3 is 5.82 Å². The Kier molecular flexibility index (Phi) is 12.4. The lowest BCUT2D eigenvalue weighted by Crippen LogP contribution is -2.43. The fraction of sp³-hybridized carbons (Fsp3) is 0.390. The summed E-state index contributed by atoms with van der Waals surface area (Å²) in [6.45, 7) is 7.73. The summed E-state index contributed by atoms with van der Waals surface area (Å²) < 4.78 is 7.02. The van der Waals surface area contributed by atoms with Gasteiger partial charge in [-0.25, -0.2) is 4.98 Å². The minimum Gasteiger partial charge on any atom is -0.476 e.